The van der Waals surface area contributed by atoms with Gasteiger partial charge in [-0.15, -0.1) is 11.3 Å². The fourth-order valence-electron chi connectivity index (χ4n) is 3.77. The van der Waals surface area contributed by atoms with E-state index in [9.17, 15) is 9.59 Å². The molecular weight excluding hydrogens is 396 g/mol. The Morgan fingerprint density at radius 3 is 2.61 bits per heavy atom. The van der Waals surface area contributed by atoms with Gasteiger partial charge in [0, 0.05) is 41.8 Å². The first-order valence-electron chi connectivity index (χ1n) is 9.67. The molecule has 1 aliphatic carbocycles. The predicted molar refractivity (Wildman–Crippen MR) is 111 cm³/mol. The number of aryl methyl sites for hydroxylation is 2. The second-order valence-corrected chi connectivity index (χ2v) is 8.76. The number of carbonyl (C=O) groups is 2. The van der Waals surface area contributed by atoms with Crippen molar-refractivity contribution in [3.8, 4) is 0 Å². The van der Waals surface area contributed by atoms with E-state index in [0.717, 1.165) is 31.6 Å². The molecule has 5 nitrogen and oxygen atoms in total. The highest BCUT2D eigenvalue weighted by molar-refractivity contribution is 7.14. The summed E-state index contributed by atoms with van der Waals surface area (Å²) < 4.78 is 5.30. The number of hydrogen-bond acceptors (Lipinski definition) is 5. The summed E-state index contributed by atoms with van der Waals surface area (Å²) in [6, 6.07) is 9.67. The second kappa shape index (κ2) is 8.53. The largest absolute Gasteiger partial charge is 0.451 e. The first-order chi connectivity index (χ1) is 13.6. The molecule has 2 heterocycles. The molecule has 7 heteroatoms. The van der Waals surface area contributed by atoms with Crippen molar-refractivity contribution in [2.24, 2.45) is 0 Å². The number of carbonyl (C=O) groups excluding carboxylic acids is 2. The van der Waals surface area contributed by atoms with E-state index in [1.807, 2.05) is 30.3 Å². The third kappa shape index (κ3) is 4.33. The maximum Gasteiger partial charge on any atom is 0.348 e. The maximum atomic E-state index is 12.4. The molecule has 1 saturated heterocycles. The summed E-state index contributed by atoms with van der Waals surface area (Å²) in [5, 5.41) is 0.707. The normalized spacial score (nSPS) is 16.6. The minimum atomic E-state index is -0.384. The van der Waals surface area contributed by atoms with Crippen molar-refractivity contribution in [1.82, 2.24) is 4.90 Å². The SMILES string of the molecule is O=C(OCC(=O)N1CCN(c2cccc(Cl)c2)CC1)c1cc2c(s1)CCCC2. The smallest absolute Gasteiger partial charge is 0.348 e. The van der Waals surface area contributed by atoms with Gasteiger partial charge in [0.15, 0.2) is 6.61 Å². The highest BCUT2D eigenvalue weighted by atomic mass is 35.5. The number of benzene rings is 1. The molecule has 0 spiro atoms. The van der Waals surface area contributed by atoms with E-state index in [-0.39, 0.29) is 18.5 Å². The van der Waals surface area contributed by atoms with Crippen molar-refractivity contribution in [2.75, 3.05) is 37.7 Å². The molecule has 0 unspecified atom stereocenters. The van der Waals surface area contributed by atoms with Gasteiger partial charge in [-0.25, -0.2) is 4.79 Å². The lowest BCUT2D eigenvalue weighted by Gasteiger charge is -2.36. The molecule has 2 aromatic rings. The Bertz CT molecular complexity index is 851. The zero-order valence-corrected chi connectivity index (χ0v) is 17.2. The van der Waals surface area contributed by atoms with E-state index in [1.165, 1.54) is 34.6 Å². The topological polar surface area (TPSA) is 49.9 Å². The van der Waals surface area contributed by atoms with Crippen LogP contribution in [0.25, 0.3) is 0 Å². The van der Waals surface area contributed by atoms with Gasteiger partial charge >= 0.3 is 5.97 Å². The van der Waals surface area contributed by atoms with Crippen LogP contribution in [0, 0.1) is 0 Å². The number of rotatable bonds is 4. The van der Waals surface area contributed by atoms with E-state index in [2.05, 4.69) is 4.90 Å². The Labute approximate surface area is 173 Å². The summed E-state index contributed by atoms with van der Waals surface area (Å²) in [5.74, 6) is -0.522. The van der Waals surface area contributed by atoms with Gasteiger partial charge in [-0.1, -0.05) is 17.7 Å². The second-order valence-electron chi connectivity index (χ2n) is 7.19. The molecule has 0 bridgehead atoms. The third-order valence-electron chi connectivity index (χ3n) is 5.33. The fraction of sp³-hybridized carbons (Fsp3) is 0.429. The summed E-state index contributed by atoms with van der Waals surface area (Å²) in [6.45, 7) is 2.49. The highest BCUT2D eigenvalue weighted by Gasteiger charge is 2.23. The lowest BCUT2D eigenvalue weighted by Crippen LogP contribution is -2.49. The van der Waals surface area contributed by atoms with Crippen molar-refractivity contribution >= 4 is 40.5 Å². The Morgan fingerprint density at radius 2 is 1.86 bits per heavy atom. The van der Waals surface area contributed by atoms with Crippen LogP contribution in [0.2, 0.25) is 5.02 Å². The Morgan fingerprint density at radius 1 is 1.07 bits per heavy atom. The summed E-state index contributed by atoms with van der Waals surface area (Å²) >= 11 is 7.57. The minimum Gasteiger partial charge on any atom is -0.451 e. The van der Waals surface area contributed by atoms with Crippen molar-refractivity contribution < 1.29 is 14.3 Å². The van der Waals surface area contributed by atoms with E-state index in [1.54, 1.807) is 4.90 Å². The molecule has 4 rings (SSSR count). The zero-order valence-electron chi connectivity index (χ0n) is 15.7. The standard InChI is InChI=1S/C21H23ClN2O3S/c22-16-5-3-6-17(13-16)23-8-10-24(11-9-23)20(25)14-27-21(26)19-12-15-4-1-2-7-18(15)28-19/h3,5-6,12-13H,1-2,4,7-11,14H2. The van der Waals surface area contributed by atoms with Gasteiger partial charge in [-0.2, -0.15) is 0 Å². The molecule has 0 saturated carbocycles. The average Bonchev–Trinajstić information content (AvgIpc) is 3.16. The van der Waals surface area contributed by atoms with Gasteiger partial charge < -0.3 is 14.5 Å². The lowest BCUT2D eigenvalue weighted by atomic mass is 9.99. The number of ether oxygens (including phenoxy) is 1. The molecule has 0 N–H and O–H groups in total. The number of piperazine rings is 1. The number of fused-ring (bicyclic) bond motifs is 1. The Kier molecular flexibility index (Phi) is 5.87. The van der Waals surface area contributed by atoms with Crippen LogP contribution in [0.3, 0.4) is 0 Å². The number of esters is 1. The quantitative estimate of drug-likeness (QED) is 0.709. The first-order valence-corrected chi connectivity index (χ1v) is 10.9. The molecule has 28 heavy (non-hydrogen) atoms. The van der Waals surface area contributed by atoms with Gasteiger partial charge in [-0.3, -0.25) is 4.79 Å². The Balaban J connectivity index is 1.26. The number of halogens is 1. The van der Waals surface area contributed by atoms with Gasteiger partial charge in [-0.05, 0) is 55.5 Å². The fourth-order valence-corrected chi connectivity index (χ4v) is 5.10. The monoisotopic (exact) mass is 418 g/mol. The molecule has 1 aliphatic heterocycles. The number of amides is 1. The maximum absolute atomic E-state index is 12.4. The van der Waals surface area contributed by atoms with Crippen LogP contribution < -0.4 is 4.90 Å². The van der Waals surface area contributed by atoms with Gasteiger partial charge in [0.05, 0.1) is 0 Å². The van der Waals surface area contributed by atoms with Gasteiger partial charge in [0.1, 0.15) is 4.88 Å². The van der Waals surface area contributed by atoms with Crippen LogP contribution in [0.5, 0.6) is 0 Å². The molecule has 0 atom stereocenters. The predicted octanol–water partition coefficient (Wildman–Crippen LogP) is 3.79. The molecule has 1 fully saturated rings. The molecule has 1 amide bonds. The molecule has 1 aromatic carbocycles. The summed E-state index contributed by atoms with van der Waals surface area (Å²) in [4.78, 5) is 30.6. The molecule has 1 aromatic heterocycles. The Hall–Kier alpha value is -2.05. The van der Waals surface area contributed by atoms with Crippen molar-refractivity contribution in [1.29, 1.82) is 0 Å². The van der Waals surface area contributed by atoms with Crippen molar-refractivity contribution in [2.45, 2.75) is 25.7 Å². The van der Waals surface area contributed by atoms with Crippen LogP contribution in [-0.4, -0.2) is 49.6 Å². The summed E-state index contributed by atoms with van der Waals surface area (Å²) in [7, 11) is 0. The van der Waals surface area contributed by atoms with Crippen LogP contribution >= 0.6 is 22.9 Å². The van der Waals surface area contributed by atoms with E-state index < -0.39 is 0 Å². The van der Waals surface area contributed by atoms with Gasteiger partial charge in [0.2, 0.25) is 0 Å². The third-order valence-corrected chi connectivity index (χ3v) is 6.78. The van der Waals surface area contributed by atoms with Crippen molar-refractivity contribution in [3.63, 3.8) is 0 Å². The van der Waals surface area contributed by atoms with Crippen LogP contribution in [-0.2, 0) is 22.4 Å². The van der Waals surface area contributed by atoms with E-state index in [0.29, 0.717) is 23.0 Å². The number of nitrogens with zero attached hydrogens (tertiary/aromatic N) is 2. The zero-order chi connectivity index (χ0) is 19.5. The molecule has 2 aliphatic rings. The van der Waals surface area contributed by atoms with Gasteiger partial charge in [0.25, 0.3) is 5.91 Å². The highest BCUT2D eigenvalue weighted by Crippen LogP contribution is 2.30. The van der Waals surface area contributed by atoms with Crippen LogP contribution in [0.1, 0.15) is 33.0 Å². The summed E-state index contributed by atoms with van der Waals surface area (Å²) in [5.41, 5.74) is 2.33. The number of anilines is 1. The van der Waals surface area contributed by atoms with Crippen LogP contribution in [0.15, 0.2) is 30.3 Å². The van der Waals surface area contributed by atoms with E-state index in [4.69, 9.17) is 16.3 Å². The summed E-state index contributed by atoms with van der Waals surface area (Å²) in [6.07, 6.45) is 4.44. The lowest BCUT2D eigenvalue weighted by molar-refractivity contribution is -0.134. The van der Waals surface area contributed by atoms with E-state index >= 15 is 0 Å². The molecule has 0 radical (unpaired) electrons. The number of thiophene rings is 1. The average molecular weight is 419 g/mol. The van der Waals surface area contributed by atoms with Crippen molar-refractivity contribution in [3.05, 3.63) is 50.7 Å². The molecular formula is C21H23ClN2O3S. The minimum absolute atomic E-state index is 0.139. The first kappa shape index (κ1) is 19.3. The molecule has 148 valence electrons. The number of hydrogen-bond donors (Lipinski definition) is 0. The van der Waals surface area contributed by atoms with Crippen LogP contribution in [0.4, 0.5) is 5.69 Å².